The van der Waals surface area contributed by atoms with Gasteiger partial charge in [0.05, 0.1) is 11.4 Å². The van der Waals surface area contributed by atoms with Gasteiger partial charge in [0, 0.05) is 12.5 Å². The van der Waals surface area contributed by atoms with Gasteiger partial charge < -0.3 is 10.4 Å². The molecule has 2 aromatic carbocycles. The summed E-state index contributed by atoms with van der Waals surface area (Å²) in [5.41, 5.74) is 2.99. The summed E-state index contributed by atoms with van der Waals surface area (Å²) >= 11 is 0. The Morgan fingerprint density at radius 3 is 2.67 bits per heavy atom. The number of aliphatic imine (C=N–C) groups is 1. The number of benzene rings is 2. The van der Waals surface area contributed by atoms with Crippen molar-refractivity contribution in [2.75, 3.05) is 5.32 Å². The summed E-state index contributed by atoms with van der Waals surface area (Å²) in [7, 11) is 0. The molecule has 1 aliphatic heterocycles. The summed E-state index contributed by atoms with van der Waals surface area (Å²) in [6, 6.07) is 14.4. The van der Waals surface area contributed by atoms with E-state index in [4.69, 9.17) is 0 Å². The van der Waals surface area contributed by atoms with E-state index in [1.54, 1.807) is 16.8 Å². The maximum atomic E-state index is 11.3. The van der Waals surface area contributed by atoms with Gasteiger partial charge in [0.2, 0.25) is 11.7 Å². The van der Waals surface area contributed by atoms with E-state index in [1.165, 1.54) is 13.0 Å². The zero-order chi connectivity index (χ0) is 19.0. The van der Waals surface area contributed by atoms with E-state index in [0.29, 0.717) is 28.8 Å². The van der Waals surface area contributed by atoms with Crippen molar-refractivity contribution in [2.24, 2.45) is 10.1 Å². The second-order valence-corrected chi connectivity index (χ2v) is 6.04. The van der Waals surface area contributed by atoms with Crippen molar-refractivity contribution in [2.45, 2.75) is 13.8 Å². The highest BCUT2D eigenvalue weighted by molar-refractivity contribution is 6.54. The first-order valence-corrected chi connectivity index (χ1v) is 8.29. The zero-order valence-corrected chi connectivity index (χ0v) is 14.7. The van der Waals surface area contributed by atoms with E-state index < -0.39 is 0 Å². The molecule has 0 fully saturated rings. The standard InChI is InChI=1S/C19H16N6O2/c1-11-22-23-19-18(17(24-25(11)19)13-6-4-3-5-7-13)21-14-8-9-16(27)15(10-14)20-12(2)26/h3-10,27H,1-2H3,(H,20,26). The van der Waals surface area contributed by atoms with E-state index in [2.05, 4.69) is 25.6 Å². The number of nitrogens with one attached hydrogen (secondary N) is 1. The Balaban J connectivity index is 1.83. The van der Waals surface area contributed by atoms with Crippen LogP contribution in [-0.4, -0.2) is 37.3 Å². The van der Waals surface area contributed by atoms with Gasteiger partial charge in [-0.3, -0.25) is 4.79 Å². The molecule has 0 saturated heterocycles. The lowest BCUT2D eigenvalue weighted by atomic mass is 10.1. The Labute approximate surface area is 154 Å². The first-order chi connectivity index (χ1) is 13.0. The second kappa shape index (κ2) is 6.49. The summed E-state index contributed by atoms with van der Waals surface area (Å²) in [5.74, 6) is 0.892. The van der Waals surface area contributed by atoms with Crippen LogP contribution in [0.3, 0.4) is 0 Å². The molecule has 0 atom stereocenters. The molecule has 1 aliphatic rings. The van der Waals surface area contributed by atoms with Crippen LogP contribution < -0.4 is 5.32 Å². The minimum absolute atomic E-state index is 0.0310. The van der Waals surface area contributed by atoms with Crippen LogP contribution in [0.25, 0.3) is 0 Å². The number of rotatable bonds is 3. The van der Waals surface area contributed by atoms with E-state index >= 15 is 0 Å². The molecule has 4 rings (SSSR count). The molecule has 27 heavy (non-hydrogen) atoms. The number of hydrogen-bond donors (Lipinski definition) is 2. The Kier molecular flexibility index (Phi) is 4.00. The smallest absolute Gasteiger partial charge is 0.221 e. The Bertz CT molecular complexity index is 1100. The lowest BCUT2D eigenvalue weighted by Crippen LogP contribution is -2.13. The molecule has 0 aliphatic carbocycles. The minimum atomic E-state index is -0.280. The molecular weight excluding hydrogens is 344 g/mol. The maximum absolute atomic E-state index is 11.3. The molecule has 2 N–H and O–H groups in total. The molecule has 1 amide bonds. The van der Waals surface area contributed by atoms with Crippen LogP contribution in [0.2, 0.25) is 0 Å². The number of carbonyl (C=O) groups excluding carboxylic acids is 1. The molecule has 8 heteroatoms. The predicted octanol–water partition coefficient (Wildman–Crippen LogP) is 2.64. The molecule has 0 unspecified atom stereocenters. The van der Waals surface area contributed by atoms with Gasteiger partial charge in [-0.05, 0) is 25.1 Å². The van der Waals surface area contributed by atoms with Gasteiger partial charge in [-0.25, -0.2) is 4.99 Å². The number of phenolic OH excluding ortho intramolecular Hbond substituents is 1. The summed E-state index contributed by atoms with van der Waals surface area (Å²) in [5, 5.41) is 25.4. The van der Waals surface area contributed by atoms with Crippen LogP contribution in [0.15, 0.2) is 58.6 Å². The number of aryl methyl sites for hydroxylation is 1. The first-order valence-electron chi connectivity index (χ1n) is 8.29. The van der Waals surface area contributed by atoms with Crippen molar-refractivity contribution in [3.8, 4) is 5.75 Å². The summed E-state index contributed by atoms with van der Waals surface area (Å²) in [6.45, 7) is 3.20. The third kappa shape index (κ3) is 3.08. The van der Waals surface area contributed by atoms with Gasteiger partial charge in [0.25, 0.3) is 0 Å². The Hall–Kier alpha value is -3.81. The topological polar surface area (TPSA) is 105 Å². The van der Waals surface area contributed by atoms with Crippen LogP contribution in [0.5, 0.6) is 5.75 Å². The maximum Gasteiger partial charge on any atom is 0.221 e. The van der Waals surface area contributed by atoms with Gasteiger partial charge in [-0.1, -0.05) is 30.3 Å². The fourth-order valence-electron chi connectivity index (χ4n) is 2.78. The molecule has 2 heterocycles. The van der Waals surface area contributed by atoms with Gasteiger partial charge in [-0.2, -0.15) is 9.78 Å². The molecule has 134 valence electrons. The number of anilines is 1. The van der Waals surface area contributed by atoms with Crippen molar-refractivity contribution in [1.29, 1.82) is 0 Å². The lowest BCUT2D eigenvalue weighted by molar-refractivity contribution is -0.114. The SMILES string of the molecule is CC(=O)Nc1cc(N=C2C(c3ccccc3)=Nn3c(C)nnc32)ccc1O. The van der Waals surface area contributed by atoms with Crippen molar-refractivity contribution < 1.29 is 9.90 Å². The quantitative estimate of drug-likeness (QED) is 0.701. The molecular formula is C19H16N6O2. The van der Waals surface area contributed by atoms with Gasteiger partial charge in [0.15, 0.2) is 5.82 Å². The summed E-state index contributed by atoms with van der Waals surface area (Å²) < 4.78 is 1.65. The fraction of sp³-hybridized carbons (Fsp3) is 0.105. The molecule has 0 saturated carbocycles. The lowest BCUT2D eigenvalue weighted by Gasteiger charge is -2.07. The number of hydrogen-bond acceptors (Lipinski definition) is 6. The summed E-state index contributed by atoms with van der Waals surface area (Å²) in [4.78, 5) is 16.0. The van der Waals surface area contributed by atoms with Crippen LogP contribution >= 0.6 is 0 Å². The van der Waals surface area contributed by atoms with Gasteiger partial charge in [0.1, 0.15) is 17.2 Å². The van der Waals surface area contributed by atoms with Crippen LogP contribution in [-0.2, 0) is 4.79 Å². The van der Waals surface area contributed by atoms with Crippen LogP contribution in [0.4, 0.5) is 11.4 Å². The van der Waals surface area contributed by atoms with E-state index in [1.807, 2.05) is 37.3 Å². The number of fused-ring (bicyclic) bond motifs is 1. The average Bonchev–Trinajstić information content (AvgIpc) is 3.19. The van der Waals surface area contributed by atoms with E-state index in [0.717, 1.165) is 5.56 Å². The zero-order valence-electron chi connectivity index (χ0n) is 14.7. The largest absolute Gasteiger partial charge is 0.506 e. The van der Waals surface area contributed by atoms with Crippen LogP contribution in [0.1, 0.15) is 24.1 Å². The highest BCUT2D eigenvalue weighted by Crippen LogP contribution is 2.29. The number of aromatic hydroxyl groups is 1. The van der Waals surface area contributed by atoms with Crippen molar-refractivity contribution >= 4 is 28.7 Å². The van der Waals surface area contributed by atoms with Crippen LogP contribution in [0, 0.1) is 6.92 Å². The molecule has 0 bridgehead atoms. The van der Waals surface area contributed by atoms with Gasteiger partial charge in [-0.15, -0.1) is 10.2 Å². The van der Waals surface area contributed by atoms with Crippen molar-refractivity contribution in [3.05, 3.63) is 65.7 Å². The molecule has 0 radical (unpaired) electrons. The number of carbonyl (C=O) groups is 1. The monoisotopic (exact) mass is 360 g/mol. The van der Waals surface area contributed by atoms with Gasteiger partial charge >= 0.3 is 0 Å². The number of phenols is 1. The molecule has 1 aromatic heterocycles. The predicted molar refractivity (Wildman–Crippen MR) is 102 cm³/mol. The van der Waals surface area contributed by atoms with E-state index in [9.17, 15) is 9.90 Å². The number of aromatic nitrogens is 3. The highest BCUT2D eigenvalue weighted by Gasteiger charge is 2.28. The van der Waals surface area contributed by atoms with Crippen molar-refractivity contribution in [1.82, 2.24) is 14.9 Å². The highest BCUT2D eigenvalue weighted by atomic mass is 16.3. The summed E-state index contributed by atoms with van der Waals surface area (Å²) in [6.07, 6.45) is 0. The number of amides is 1. The average molecular weight is 360 g/mol. The van der Waals surface area contributed by atoms with E-state index in [-0.39, 0.29) is 17.3 Å². The molecule has 0 spiro atoms. The Morgan fingerprint density at radius 2 is 1.93 bits per heavy atom. The first kappa shape index (κ1) is 16.6. The molecule has 8 nitrogen and oxygen atoms in total. The van der Waals surface area contributed by atoms with Crippen molar-refractivity contribution in [3.63, 3.8) is 0 Å². The number of nitrogens with zero attached hydrogens (tertiary/aromatic N) is 5. The third-order valence-corrected chi connectivity index (χ3v) is 4.01. The fourth-order valence-corrected chi connectivity index (χ4v) is 2.78. The minimum Gasteiger partial charge on any atom is -0.506 e. The normalized spacial score (nSPS) is 14.1. The third-order valence-electron chi connectivity index (χ3n) is 4.01. The second-order valence-electron chi connectivity index (χ2n) is 6.04. The Morgan fingerprint density at radius 1 is 1.15 bits per heavy atom. The molecule has 3 aromatic rings.